The molecule has 0 bridgehead atoms. The molecule has 0 fully saturated rings. The Morgan fingerprint density at radius 2 is 1.27 bits per heavy atom. The van der Waals surface area contributed by atoms with Crippen molar-refractivity contribution in [2.45, 2.75) is 39.5 Å². The Hall–Kier alpha value is -4.60. The SMILES string of the molecule is CC(C)c1ccc(N2c3ccc(C(C)C)cc3B3c4ccccc4-c4cc(-c5cccc6sc7ccccc7c56)cc2c43)cc1. The molecule has 3 heteroatoms. The Morgan fingerprint density at radius 1 is 0.556 bits per heavy atom. The predicted octanol–water partition coefficient (Wildman–Crippen LogP) is 10.2. The van der Waals surface area contributed by atoms with Crippen LogP contribution in [0.4, 0.5) is 17.1 Å². The van der Waals surface area contributed by atoms with Gasteiger partial charge in [-0.1, -0.05) is 112 Å². The van der Waals surface area contributed by atoms with Gasteiger partial charge in [0.25, 0.3) is 0 Å². The average Bonchev–Trinajstić information content (AvgIpc) is 3.61. The predicted molar refractivity (Wildman–Crippen MR) is 198 cm³/mol. The van der Waals surface area contributed by atoms with Crippen LogP contribution in [0.5, 0.6) is 0 Å². The summed E-state index contributed by atoms with van der Waals surface area (Å²) in [6.07, 6.45) is 0. The molecular weight excluding hydrogens is 561 g/mol. The summed E-state index contributed by atoms with van der Waals surface area (Å²) in [5, 5.41) is 2.70. The van der Waals surface area contributed by atoms with Crippen molar-refractivity contribution < 1.29 is 0 Å². The highest BCUT2D eigenvalue weighted by Gasteiger charge is 2.43. The fourth-order valence-electron chi connectivity index (χ4n) is 7.78. The summed E-state index contributed by atoms with van der Waals surface area (Å²) in [4.78, 5) is 2.54. The zero-order valence-electron chi connectivity index (χ0n) is 26.1. The maximum Gasteiger partial charge on any atom is 0.248 e. The maximum absolute atomic E-state index is 2.54. The van der Waals surface area contributed by atoms with Crippen LogP contribution in [0.3, 0.4) is 0 Å². The molecule has 3 heterocycles. The van der Waals surface area contributed by atoms with Crippen molar-refractivity contribution in [1.29, 1.82) is 0 Å². The van der Waals surface area contributed by atoms with Gasteiger partial charge >= 0.3 is 0 Å². The Kier molecular flexibility index (Phi) is 5.92. The third-order valence-corrected chi connectivity index (χ3v) is 11.2. The minimum absolute atomic E-state index is 0.220. The van der Waals surface area contributed by atoms with E-state index in [1.165, 1.54) is 87.0 Å². The van der Waals surface area contributed by atoms with Crippen LogP contribution in [-0.2, 0) is 0 Å². The summed E-state index contributed by atoms with van der Waals surface area (Å²) in [5.41, 5.74) is 16.1. The third kappa shape index (κ3) is 3.93. The summed E-state index contributed by atoms with van der Waals surface area (Å²) in [7, 11) is 0. The second-order valence-corrected chi connectivity index (χ2v) is 14.4. The number of anilines is 3. The van der Waals surface area contributed by atoms with Crippen LogP contribution in [0.15, 0.2) is 121 Å². The lowest BCUT2D eigenvalue weighted by molar-refractivity contribution is 0.866. The van der Waals surface area contributed by atoms with Gasteiger partial charge in [-0.05, 0) is 98.6 Å². The van der Waals surface area contributed by atoms with E-state index in [9.17, 15) is 0 Å². The quantitative estimate of drug-likeness (QED) is 0.183. The molecule has 0 unspecified atom stereocenters. The van der Waals surface area contributed by atoms with E-state index in [-0.39, 0.29) is 6.71 Å². The molecular formula is C42H34BNS. The summed E-state index contributed by atoms with van der Waals surface area (Å²) in [5.74, 6) is 0.962. The lowest BCUT2D eigenvalue weighted by atomic mass is 9.37. The maximum atomic E-state index is 2.54. The van der Waals surface area contributed by atoms with Crippen molar-refractivity contribution in [3.05, 3.63) is 132 Å². The first-order valence-corrected chi connectivity index (χ1v) is 17.0. The summed E-state index contributed by atoms with van der Waals surface area (Å²) in [6, 6.07) is 46.2. The Balaban J connectivity index is 1.37. The van der Waals surface area contributed by atoms with Crippen molar-refractivity contribution in [3.63, 3.8) is 0 Å². The van der Waals surface area contributed by atoms with Crippen LogP contribution in [0.2, 0.25) is 0 Å². The Labute approximate surface area is 269 Å². The number of nitrogens with zero attached hydrogens (tertiary/aromatic N) is 1. The molecule has 0 N–H and O–H groups in total. The lowest BCUT2D eigenvalue weighted by Crippen LogP contribution is -2.54. The molecule has 0 amide bonds. The van der Waals surface area contributed by atoms with Crippen molar-refractivity contribution in [2.75, 3.05) is 4.90 Å². The zero-order chi connectivity index (χ0) is 30.4. The molecule has 0 aliphatic carbocycles. The molecule has 2 aliphatic rings. The Morgan fingerprint density at radius 3 is 2.09 bits per heavy atom. The second kappa shape index (κ2) is 9.96. The monoisotopic (exact) mass is 595 g/mol. The second-order valence-electron chi connectivity index (χ2n) is 13.3. The van der Waals surface area contributed by atoms with Crippen LogP contribution in [-0.4, -0.2) is 6.71 Å². The van der Waals surface area contributed by atoms with Crippen LogP contribution in [0.1, 0.15) is 50.7 Å². The van der Waals surface area contributed by atoms with Gasteiger partial charge in [-0.25, -0.2) is 0 Å². The van der Waals surface area contributed by atoms with Crippen LogP contribution >= 0.6 is 11.3 Å². The van der Waals surface area contributed by atoms with Crippen molar-refractivity contribution in [2.24, 2.45) is 0 Å². The van der Waals surface area contributed by atoms with Gasteiger partial charge < -0.3 is 4.90 Å². The fourth-order valence-corrected chi connectivity index (χ4v) is 8.91. The number of hydrogen-bond acceptors (Lipinski definition) is 2. The molecule has 1 nitrogen and oxygen atoms in total. The molecule has 216 valence electrons. The summed E-state index contributed by atoms with van der Waals surface area (Å²) < 4.78 is 2.68. The molecule has 2 aliphatic heterocycles. The minimum atomic E-state index is 0.220. The molecule has 6 aromatic carbocycles. The molecule has 1 aromatic heterocycles. The van der Waals surface area contributed by atoms with E-state index >= 15 is 0 Å². The van der Waals surface area contributed by atoms with Crippen molar-refractivity contribution in [3.8, 4) is 22.3 Å². The lowest BCUT2D eigenvalue weighted by Gasteiger charge is -2.37. The van der Waals surface area contributed by atoms with Crippen LogP contribution < -0.4 is 21.3 Å². The Bertz CT molecular complexity index is 2290. The first-order valence-electron chi connectivity index (χ1n) is 16.2. The van der Waals surface area contributed by atoms with Crippen LogP contribution in [0.25, 0.3) is 42.4 Å². The van der Waals surface area contributed by atoms with Gasteiger partial charge in [-0.3, -0.25) is 0 Å². The zero-order valence-corrected chi connectivity index (χ0v) is 27.0. The van der Waals surface area contributed by atoms with E-state index < -0.39 is 0 Å². The number of fused-ring (bicyclic) bond motifs is 8. The summed E-state index contributed by atoms with van der Waals surface area (Å²) in [6.45, 7) is 9.36. The van der Waals surface area contributed by atoms with E-state index in [1.54, 1.807) is 0 Å². The molecule has 0 radical (unpaired) electrons. The van der Waals surface area contributed by atoms with Gasteiger partial charge in [-0.15, -0.1) is 11.3 Å². The van der Waals surface area contributed by atoms with Crippen molar-refractivity contribution in [1.82, 2.24) is 0 Å². The fraction of sp³-hybridized carbons (Fsp3) is 0.143. The van der Waals surface area contributed by atoms with Gasteiger partial charge in [0.1, 0.15) is 0 Å². The normalized spacial score (nSPS) is 13.2. The third-order valence-electron chi connectivity index (χ3n) is 10.1. The molecule has 7 aromatic rings. The van der Waals surface area contributed by atoms with Crippen molar-refractivity contribution >= 4 is 71.7 Å². The number of rotatable bonds is 4. The first kappa shape index (κ1) is 26.8. The van der Waals surface area contributed by atoms with Gasteiger partial charge in [0, 0.05) is 37.2 Å². The van der Waals surface area contributed by atoms with Gasteiger partial charge in [0.2, 0.25) is 6.71 Å². The number of thiophene rings is 1. The van der Waals surface area contributed by atoms with E-state index in [0.29, 0.717) is 11.8 Å². The van der Waals surface area contributed by atoms with E-state index in [2.05, 4.69) is 154 Å². The van der Waals surface area contributed by atoms with Gasteiger partial charge in [-0.2, -0.15) is 0 Å². The largest absolute Gasteiger partial charge is 0.311 e. The van der Waals surface area contributed by atoms with E-state index in [0.717, 1.165) is 0 Å². The smallest absolute Gasteiger partial charge is 0.248 e. The molecule has 45 heavy (non-hydrogen) atoms. The topological polar surface area (TPSA) is 3.24 Å². The standard InChI is InChI=1S/C42H34BNS/c1-25(2)27-16-19-30(20-17-27)44-37-21-18-28(26(3)4)23-36(37)43-35-13-7-5-10-32(35)34-22-29(24-38(44)42(34)43)31-12-9-15-40-41(31)33-11-6-8-14-39(33)45-40/h5-26H,1-4H3. The highest BCUT2D eigenvalue weighted by Crippen LogP contribution is 2.46. The molecule has 0 spiro atoms. The van der Waals surface area contributed by atoms with Gasteiger partial charge in [0.15, 0.2) is 0 Å². The number of benzene rings is 6. The van der Waals surface area contributed by atoms with Crippen LogP contribution in [0, 0.1) is 0 Å². The highest BCUT2D eigenvalue weighted by molar-refractivity contribution is 7.26. The molecule has 0 atom stereocenters. The minimum Gasteiger partial charge on any atom is -0.311 e. The average molecular weight is 596 g/mol. The molecule has 0 saturated heterocycles. The van der Waals surface area contributed by atoms with Gasteiger partial charge in [0.05, 0.1) is 0 Å². The number of hydrogen-bond donors (Lipinski definition) is 0. The molecule has 9 rings (SSSR count). The van der Waals surface area contributed by atoms with E-state index in [1.807, 2.05) is 11.3 Å². The molecule has 0 saturated carbocycles. The summed E-state index contributed by atoms with van der Waals surface area (Å²) >= 11 is 1.89. The first-order chi connectivity index (χ1) is 22.0. The highest BCUT2D eigenvalue weighted by atomic mass is 32.1. The van der Waals surface area contributed by atoms with E-state index in [4.69, 9.17) is 0 Å².